The van der Waals surface area contributed by atoms with Crippen molar-refractivity contribution in [2.75, 3.05) is 6.61 Å². The summed E-state index contributed by atoms with van der Waals surface area (Å²) in [5.41, 5.74) is 6.44. The first-order chi connectivity index (χ1) is 13.0. The van der Waals surface area contributed by atoms with Crippen LogP contribution in [-0.2, 0) is 4.79 Å². The molecule has 0 aliphatic carbocycles. The zero-order valence-corrected chi connectivity index (χ0v) is 15.9. The highest BCUT2D eigenvalue weighted by Crippen LogP contribution is 2.22. The fraction of sp³-hybridized carbons (Fsp3) is 0.143. The summed E-state index contributed by atoms with van der Waals surface area (Å²) in [6.45, 7) is 3.91. The van der Waals surface area contributed by atoms with Crippen molar-refractivity contribution in [3.8, 4) is 11.4 Å². The largest absolute Gasteiger partial charge is 0.484 e. The van der Waals surface area contributed by atoms with Gasteiger partial charge in [-0.1, -0.05) is 35.9 Å². The molecule has 27 heavy (non-hydrogen) atoms. The second kappa shape index (κ2) is 8.56. The fourth-order valence-corrected chi connectivity index (χ4v) is 2.99. The van der Waals surface area contributed by atoms with E-state index in [-0.39, 0.29) is 12.5 Å². The smallest absolute Gasteiger partial charge is 0.277 e. The van der Waals surface area contributed by atoms with Crippen molar-refractivity contribution >= 4 is 23.7 Å². The second-order valence-electron chi connectivity index (χ2n) is 6.04. The van der Waals surface area contributed by atoms with Crippen molar-refractivity contribution in [3.63, 3.8) is 0 Å². The van der Waals surface area contributed by atoms with Gasteiger partial charge in [0.15, 0.2) is 6.61 Å². The van der Waals surface area contributed by atoms with Gasteiger partial charge in [-0.2, -0.15) is 5.10 Å². The highest BCUT2D eigenvalue weighted by molar-refractivity contribution is 6.30. The number of hydrogen-bond donors (Lipinski definition) is 1. The molecule has 0 radical (unpaired) electrons. The molecule has 0 spiro atoms. The van der Waals surface area contributed by atoms with E-state index in [1.165, 1.54) is 0 Å². The maximum absolute atomic E-state index is 11.9. The number of amides is 1. The quantitative estimate of drug-likeness (QED) is 0.512. The Kier molecular flexibility index (Phi) is 5.94. The molecule has 0 fully saturated rings. The summed E-state index contributed by atoms with van der Waals surface area (Å²) in [5.74, 6) is 0.320. The topological polar surface area (TPSA) is 55.6 Å². The number of hydrazone groups is 1. The first-order valence-electron chi connectivity index (χ1n) is 8.49. The van der Waals surface area contributed by atoms with Gasteiger partial charge in [0.1, 0.15) is 5.75 Å². The zero-order valence-electron chi connectivity index (χ0n) is 15.1. The Morgan fingerprint density at radius 3 is 2.67 bits per heavy atom. The monoisotopic (exact) mass is 381 g/mol. The van der Waals surface area contributed by atoms with Gasteiger partial charge in [0.25, 0.3) is 5.91 Å². The van der Waals surface area contributed by atoms with Gasteiger partial charge in [0, 0.05) is 27.7 Å². The molecule has 1 amide bonds. The molecule has 3 aromatic rings. The molecule has 1 aromatic heterocycles. The molecule has 3 rings (SSSR count). The number of nitrogens with one attached hydrogen (secondary N) is 1. The predicted molar refractivity (Wildman–Crippen MR) is 108 cm³/mol. The normalized spacial score (nSPS) is 10.9. The number of halogens is 1. The molecule has 0 aliphatic rings. The Morgan fingerprint density at radius 2 is 1.93 bits per heavy atom. The first-order valence-corrected chi connectivity index (χ1v) is 8.87. The van der Waals surface area contributed by atoms with E-state index in [9.17, 15) is 4.79 Å². The molecule has 0 unspecified atom stereocenters. The Balaban J connectivity index is 1.64. The highest BCUT2D eigenvalue weighted by Gasteiger charge is 2.10. The maximum atomic E-state index is 11.9. The summed E-state index contributed by atoms with van der Waals surface area (Å²) in [4.78, 5) is 11.9. The van der Waals surface area contributed by atoms with Crippen LogP contribution in [0.3, 0.4) is 0 Å². The van der Waals surface area contributed by atoms with E-state index in [1.807, 2.05) is 62.4 Å². The standard InChI is InChI=1S/C21H20ClN3O2/c1-15-11-17(16(2)25(15)19-8-6-7-18(22)12-19)13-23-24-21(26)14-27-20-9-4-3-5-10-20/h3-13H,14H2,1-2H3,(H,24,26)/b23-13-. The molecule has 1 N–H and O–H groups in total. The summed E-state index contributed by atoms with van der Waals surface area (Å²) in [6, 6.07) is 18.8. The molecule has 138 valence electrons. The zero-order chi connectivity index (χ0) is 19.2. The van der Waals surface area contributed by atoms with Gasteiger partial charge in [-0.3, -0.25) is 4.79 Å². The average molecular weight is 382 g/mol. The van der Waals surface area contributed by atoms with Gasteiger partial charge in [0.05, 0.1) is 6.21 Å². The SMILES string of the molecule is Cc1cc(/C=N\NC(=O)COc2ccccc2)c(C)n1-c1cccc(Cl)c1. The highest BCUT2D eigenvalue weighted by atomic mass is 35.5. The van der Waals surface area contributed by atoms with Crippen molar-refractivity contribution < 1.29 is 9.53 Å². The van der Waals surface area contributed by atoms with Crippen molar-refractivity contribution in [2.45, 2.75) is 13.8 Å². The number of rotatable bonds is 6. The molecular weight excluding hydrogens is 362 g/mol. The molecular formula is C21H20ClN3O2. The number of aryl methyl sites for hydroxylation is 1. The van der Waals surface area contributed by atoms with E-state index in [2.05, 4.69) is 15.1 Å². The van der Waals surface area contributed by atoms with E-state index < -0.39 is 0 Å². The van der Waals surface area contributed by atoms with Crippen molar-refractivity contribution in [1.29, 1.82) is 0 Å². The van der Waals surface area contributed by atoms with E-state index in [4.69, 9.17) is 16.3 Å². The minimum atomic E-state index is -0.321. The van der Waals surface area contributed by atoms with Crippen LogP contribution in [0.25, 0.3) is 5.69 Å². The van der Waals surface area contributed by atoms with Crippen molar-refractivity contribution in [1.82, 2.24) is 9.99 Å². The van der Waals surface area contributed by atoms with Crippen LogP contribution in [0, 0.1) is 13.8 Å². The number of carbonyl (C=O) groups excluding carboxylic acids is 1. The molecule has 0 aliphatic heterocycles. The molecule has 0 saturated heterocycles. The van der Waals surface area contributed by atoms with E-state index in [1.54, 1.807) is 18.3 Å². The van der Waals surface area contributed by atoms with Crippen LogP contribution in [-0.4, -0.2) is 23.3 Å². The Labute approximate surface area is 163 Å². The number of hydrogen-bond acceptors (Lipinski definition) is 3. The number of para-hydroxylation sites is 1. The number of benzene rings is 2. The van der Waals surface area contributed by atoms with Gasteiger partial charge in [-0.05, 0) is 50.2 Å². The summed E-state index contributed by atoms with van der Waals surface area (Å²) in [6.07, 6.45) is 1.63. The predicted octanol–water partition coefficient (Wildman–Crippen LogP) is 4.28. The lowest BCUT2D eigenvalue weighted by Crippen LogP contribution is -2.24. The lowest BCUT2D eigenvalue weighted by molar-refractivity contribution is -0.123. The molecule has 0 atom stereocenters. The van der Waals surface area contributed by atoms with Crippen molar-refractivity contribution in [2.24, 2.45) is 5.10 Å². The molecule has 1 heterocycles. The van der Waals surface area contributed by atoms with Gasteiger partial charge in [0.2, 0.25) is 0 Å². The molecule has 0 saturated carbocycles. The van der Waals surface area contributed by atoms with E-state index >= 15 is 0 Å². The molecule has 2 aromatic carbocycles. The minimum Gasteiger partial charge on any atom is -0.484 e. The van der Waals surface area contributed by atoms with Gasteiger partial charge in [-0.15, -0.1) is 0 Å². The fourth-order valence-electron chi connectivity index (χ4n) is 2.80. The Morgan fingerprint density at radius 1 is 1.15 bits per heavy atom. The van der Waals surface area contributed by atoms with Crippen LogP contribution in [0.2, 0.25) is 5.02 Å². The summed E-state index contributed by atoms with van der Waals surface area (Å²) in [7, 11) is 0. The second-order valence-corrected chi connectivity index (χ2v) is 6.47. The van der Waals surface area contributed by atoms with Gasteiger partial charge in [-0.25, -0.2) is 5.43 Å². The number of carbonyl (C=O) groups is 1. The molecule has 6 heteroatoms. The van der Waals surface area contributed by atoms with Gasteiger partial charge >= 0.3 is 0 Å². The van der Waals surface area contributed by atoms with Gasteiger partial charge < -0.3 is 9.30 Å². The minimum absolute atomic E-state index is 0.0944. The first kappa shape index (κ1) is 18.7. The van der Waals surface area contributed by atoms with Crippen molar-refractivity contribution in [3.05, 3.63) is 82.6 Å². The summed E-state index contributed by atoms with van der Waals surface area (Å²) in [5, 5.41) is 4.72. The van der Waals surface area contributed by atoms with Crippen LogP contribution < -0.4 is 10.2 Å². The number of ether oxygens (including phenoxy) is 1. The van der Waals surface area contributed by atoms with E-state index in [0.717, 1.165) is 22.6 Å². The van der Waals surface area contributed by atoms with Crippen LogP contribution >= 0.6 is 11.6 Å². The van der Waals surface area contributed by atoms with E-state index in [0.29, 0.717) is 10.8 Å². The Hall–Kier alpha value is -3.05. The number of aromatic nitrogens is 1. The maximum Gasteiger partial charge on any atom is 0.277 e. The molecule has 0 bridgehead atoms. The van der Waals surface area contributed by atoms with Crippen LogP contribution in [0.1, 0.15) is 17.0 Å². The third-order valence-electron chi connectivity index (χ3n) is 4.04. The van der Waals surface area contributed by atoms with Crippen LogP contribution in [0.5, 0.6) is 5.75 Å². The number of nitrogens with zero attached hydrogens (tertiary/aromatic N) is 2. The summed E-state index contributed by atoms with van der Waals surface area (Å²) >= 11 is 6.10. The summed E-state index contributed by atoms with van der Waals surface area (Å²) < 4.78 is 7.47. The lowest BCUT2D eigenvalue weighted by Gasteiger charge is -2.09. The van der Waals surface area contributed by atoms with Crippen LogP contribution in [0.15, 0.2) is 65.8 Å². The van der Waals surface area contributed by atoms with Crippen LogP contribution in [0.4, 0.5) is 0 Å². The average Bonchev–Trinajstić information content (AvgIpc) is 2.94. The Bertz CT molecular complexity index is 965. The lowest BCUT2D eigenvalue weighted by atomic mass is 10.2. The molecule has 5 nitrogen and oxygen atoms in total. The third-order valence-corrected chi connectivity index (χ3v) is 4.28. The third kappa shape index (κ3) is 4.77.